The predicted molar refractivity (Wildman–Crippen MR) is 49.1 cm³/mol. The van der Waals surface area contributed by atoms with Crippen molar-refractivity contribution in [2.75, 3.05) is 6.61 Å². The van der Waals surface area contributed by atoms with Gasteiger partial charge in [0.05, 0.1) is 0 Å². The lowest BCUT2D eigenvalue weighted by atomic mass is 10.2. The molecular formula is C9H8F6O6. The number of rotatable bonds is 0. The standard InChI is InChI=1S/C5H5F3O3.C4H3F3O3/c1-2-3(5(6,7)8)11-4(9)10-2;5-4(6,7)2-1-9-3(8)10-2/h2-3H,1H3;2H,1H2. The van der Waals surface area contributed by atoms with Crippen molar-refractivity contribution < 1.29 is 54.9 Å². The van der Waals surface area contributed by atoms with E-state index < -0.39 is 49.6 Å². The molecule has 0 bridgehead atoms. The molecule has 2 heterocycles. The maximum absolute atomic E-state index is 11.8. The fourth-order valence-electron chi connectivity index (χ4n) is 1.26. The van der Waals surface area contributed by atoms with Gasteiger partial charge >= 0.3 is 24.7 Å². The number of hydrogen-bond acceptors (Lipinski definition) is 6. The molecule has 0 spiro atoms. The summed E-state index contributed by atoms with van der Waals surface area (Å²) in [6.45, 7) is 0.394. The third-order valence-corrected chi connectivity index (χ3v) is 2.21. The van der Waals surface area contributed by atoms with Gasteiger partial charge in [-0.3, -0.25) is 0 Å². The maximum atomic E-state index is 11.8. The zero-order valence-corrected chi connectivity index (χ0v) is 10.2. The number of carbonyl (C=O) groups is 2. The van der Waals surface area contributed by atoms with E-state index in [0.717, 1.165) is 6.92 Å². The molecule has 12 heteroatoms. The van der Waals surface area contributed by atoms with Gasteiger partial charge in [0.15, 0.2) is 0 Å². The molecule has 2 aliphatic heterocycles. The molecule has 122 valence electrons. The topological polar surface area (TPSA) is 71.1 Å². The minimum atomic E-state index is -4.54. The first kappa shape index (κ1) is 17.2. The van der Waals surface area contributed by atoms with Crippen LogP contribution in [-0.2, 0) is 18.9 Å². The molecule has 0 aromatic rings. The fourth-order valence-corrected chi connectivity index (χ4v) is 1.26. The van der Waals surface area contributed by atoms with Crippen molar-refractivity contribution in [1.82, 2.24) is 0 Å². The Balaban J connectivity index is 0.000000211. The summed E-state index contributed by atoms with van der Waals surface area (Å²) in [6, 6.07) is 0. The average Bonchev–Trinajstić information content (AvgIpc) is 2.84. The largest absolute Gasteiger partial charge is 0.509 e. The third-order valence-electron chi connectivity index (χ3n) is 2.21. The summed E-state index contributed by atoms with van der Waals surface area (Å²) in [6.07, 6.45) is -17.0. The molecule has 3 unspecified atom stereocenters. The monoisotopic (exact) mass is 326 g/mol. The molecule has 2 fully saturated rings. The Kier molecular flexibility index (Phi) is 4.79. The highest BCUT2D eigenvalue weighted by molar-refractivity contribution is 5.62. The van der Waals surface area contributed by atoms with Gasteiger partial charge in [-0.1, -0.05) is 0 Å². The lowest BCUT2D eigenvalue weighted by Gasteiger charge is -2.13. The molecule has 2 aliphatic rings. The summed E-state index contributed by atoms with van der Waals surface area (Å²) in [5, 5.41) is 0. The van der Waals surface area contributed by atoms with Gasteiger partial charge in [0.1, 0.15) is 12.7 Å². The van der Waals surface area contributed by atoms with Gasteiger partial charge in [-0.25, -0.2) is 9.59 Å². The highest BCUT2D eigenvalue weighted by Gasteiger charge is 2.52. The second-order valence-corrected chi connectivity index (χ2v) is 3.86. The molecule has 21 heavy (non-hydrogen) atoms. The van der Waals surface area contributed by atoms with Gasteiger partial charge in [-0.15, -0.1) is 0 Å². The number of alkyl halides is 6. The van der Waals surface area contributed by atoms with Gasteiger partial charge in [-0.2, -0.15) is 26.3 Å². The lowest BCUT2D eigenvalue weighted by Crippen LogP contribution is -2.35. The van der Waals surface area contributed by atoms with E-state index in [4.69, 9.17) is 0 Å². The number of carbonyl (C=O) groups excluding carboxylic acids is 2. The van der Waals surface area contributed by atoms with Crippen LogP contribution in [0.3, 0.4) is 0 Å². The molecule has 2 rings (SSSR count). The van der Waals surface area contributed by atoms with Crippen LogP contribution in [0.2, 0.25) is 0 Å². The highest BCUT2D eigenvalue weighted by Crippen LogP contribution is 2.30. The van der Waals surface area contributed by atoms with E-state index in [1.165, 1.54) is 0 Å². The van der Waals surface area contributed by atoms with Crippen LogP contribution in [0.4, 0.5) is 35.9 Å². The summed E-state index contributed by atoms with van der Waals surface area (Å²) in [4.78, 5) is 20.1. The van der Waals surface area contributed by atoms with Crippen LogP contribution in [0.15, 0.2) is 0 Å². The van der Waals surface area contributed by atoms with Crippen LogP contribution in [0, 0.1) is 0 Å². The van der Waals surface area contributed by atoms with Crippen molar-refractivity contribution in [2.45, 2.75) is 37.6 Å². The minimum absolute atomic E-state index is 0.734. The van der Waals surface area contributed by atoms with Crippen molar-refractivity contribution in [2.24, 2.45) is 0 Å². The Hall–Kier alpha value is -1.88. The predicted octanol–water partition coefficient (Wildman–Crippen LogP) is 2.56. The van der Waals surface area contributed by atoms with Gasteiger partial charge in [0.2, 0.25) is 12.2 Å². The third kappa shape index (κ3) is 4.86. The van der Waals surface area contributed by atoms with Crippen LogP contribution < -0.4 is 0 Å². The zero-order valence-electron chi connectivity index (χ0n) is 10.2. The molecule has 0 saturated carbocycles. The van der Waals surface area contributed by atoms with E-state index in [1.807, 2.05) is 0 Å². The first-order chi connectivity index (χ1) is 9.41. The molecule has 6 nitrogen and oxygen atoms in total. The van der Waals surface area contributed by atoms with Crippen LogP contribution in [-0.4, -0.2) is 49.6 Å². The molecule has 0 aromatic carbocycles. The first-order valence-corrected chi connectivity index (χ1v) is 5.25. The molecule has 0 radical (unpaired) electrons. The second-order valence-electron chi connectivity index (χ2n) is 3.86. The molecule has 2 saturated heterocycles. The van der Waals surface area contributed by atoms with E-state index in [9.17, 15) is 35.9 Å². The molecule has 0 N–H and O–H groups in total. The molecular weight excluding hydrogens is 318 g/mol. The summed E-state index contributed by atoms with van der Waals surface area (Å²) in [5.74, 6) is 0. The van der Waals surface area contributed by atoms with Crippen LogP contribution in [0.5, 0.6) is 0 Å². The number of ether oxygens (including phenoxy) is 4. The highest BCUT2D eigenvalue weighted by atomic mass is 19.4. The van der Waals surface area contributed by atoms with E-state index >= 15 is 0 Å². The molecule has 0 amide bonds. The van der Waals surface area contributed by atoms with Crippen LogP contribution >= 0.6 is 0 Å². The van der Waals surface area contributed by atoms with Gasteiger partial charge in [0.25, 0.3) is 0 Å². The van der Waals surface area contributed by atoms with E-state index in [1.54, 1.807) is 0 Å². The quantitative estimate of drug-likeness (QED) is 0.503. The van der Waals surface area contributed by atoms with Crippen LogP contribution in [0.1, 0.15) is 6.92 Å². The maximum Gasteiger partial charge on any atom is 0.509 e. The summed E-state index contributed by atoms with van der Waals surface area (Å²) in [5.41, 5.74) is 0. The van der Waals surface area contributed by atoms with Gasteiger partial charge in [-0.05, 0) is 6.92 Å². The SMILES string of the molecule is CC1OC(=O)OC1C(F)(F)F.O=C1OCC(C(F)(F)F)O1. The Bertz CT molecular complexity index is 405. The van der Waals surface area contributed by atoms with E-state index in [2.05, 4.69) is 18.9 Å². The van der Waals surface area contributed by atoms with Gasteiger partial charge < -0.3 is 18.9 Å². The van der Waals surface area contributed by atoms with Crippen molar-refractivity contribution in [1.29, 1.82) is 0 Å². The second kappa shape index (κ2) is 5.85. The smallest absolute Gasteiger partial charge is 0.430 e. The van der Waals surface area contributed by atoms with E-state index in [0.29, 0.717) is 0 Å². The molecule has 3 atom stereocenters. The fraction of sp³-hybridized carbons (Fsp3) is 0.778. The number of hydrogen-bond donors (Lipinski definition) is 0. The first-order valence-electron chi connectivity index (χ1n) is 5.25. The van der Waals surface area contributed by atoms with E-state index in [-0.39, 0.29) is 0 Å². The zero-order chi connectivity index (χ0) is 16.4. The molecule has 0 aromatic heterocycles. The lowest BCUT2D eigenvalue weighted by molar-refractivity contribution is -0.201. The number of cyclic esters (lactones) is 4. The Morgan fingerprint density at radius 2 is 1.48 bits per heavy atom. The van der Waals surface area contributed by atoms with Gasteiger partial charge in [0, 0.05) is 0 Å². The Morgan fingerprint density at radius 3 is 1.67 bits per heavy atom. The van der Waals surface area contributed by atoms with Crippen molar-refractivity contribution >= 4 is 12.3 Å². The van der Waals surface area contributed by atoms with Crippen molar-refractivity contribution in [3.63, 3.8) is 0 Å². The summed E-state index contributed by atoms with van der Waals surface area (Å²) < 4.78 is 85.8. The molecule has 0 aliphatic carbocycles. The van der Waals surface area contributed by atoms with Crippen molar-refractivity contribution in [3.05, 3.63) is 0 Å². The average molecular weight is 326 g/mol. The summed E-state index contributed by atoms with van der Waals surface area (Å²) >= 11 is 0. The van der Waals surface area contributed by atoms with Crippen molar-refractivity contribution in [3.8, 4) is 0 Å². The minimum Gasteiger partial charge on any atom is -0.430 e. The normalized spacial score (nSPS) is 28.8. The Morgan fingerprint density at radius 1 is 0.905 bits per heavy atom. The Labute approximate surface area is 112 Å². The number of halogens is 6. The summed E-state index contributed by atoms with van der Waals surface area (Å²) in [7, 11) is 0. The van der Waals surface area contributed by atoms with Crippen LogP contribution in [0.25, 0.3) is 0 Å².